The molecule has 0 radical (unpaired) electrons. The van der Waals surface area contributed by atoms with Crippen molar-refractivity contribution in [2.75, 3.05) is 13.7 Å². The van der Waals surface area contributed by atoms with Crippen molar-refractivity contribution in [3.05, 3.63) is 28.7 Å². The van der Waals surface area contributed by atoms with Crippen molar-refractivity contribution < 1.29 is 18.3 Å². The summed E-state index contributed by atoms with van der Waals surface area (Å²) in [5.74, 6) is 0.464. The molecule has 5 nitrogen and oxygen atoms in total. The van der Waals surface area contributed by atoms with Gasteiger partial charge in [-0.15, -0.1) is 0 Å². The number of ether oxygens (including phenoxy) is 1. The van der Waals surface area contributed by atoms with Crippen LogP contribution < -0.4 is 4.74 Å². The smallest absolute Gasteiger partial charge is 0.297 e. The maximum absolute atomic E-state index is 11.2. The van der Waals surface area contributed by atoms with Crippen molar-refractivity contribution in [2.24, 2.45) is 0 Å². The van der Waals surface area contributed by atoms with E-state index in [1.165, 1.54) is 7.05 Å². The standard InChI is InChI=1S/C10H13NO4S/c1-3-15-10-6-8(7-16(13)14)4-5-9(10)11(2)12/h4-6H,3,7H2,1-2H3/p+1. The number of nitroso groups, excluding NO2 is 1. The van der Waals surface area contributed by atoms with Crippen LogP contribution in [0.25, 0.3) is 0 Å². The van der Waals surface area contributed by atoms with Crippen LogP contribution in [0.5, 0.6) is 5.75 Å². The largest absolute Gasteiger partial charge is 0.487 e. The van der Waals surface area contributed by atoms with Gasteiger partial charge in [0.1, 0.15) is 0 Å². The molecule has 0 aliphatic heterocycles. The lowest BCUT2D eigenvalue weighted by Gasteiger charge is -2.05. The number of hydrogen-bond donors (Lipinski definition) is 1. The van der Waals surface area contributed by atoms with Gasteiger partial charge in [0.2, 0.25) is 0 Å². The van der Waals surface area contributed by atoms with E-state index in [-0.39, 0.29) is 5.75 Å². The Balaban J connectivity index is 3.06. The minimum absolute atomic E-state index is 0.0307. The summed E-state index contributed by atoms with van der Waals surface area (Å²) < 4.78 is 25.4. The zero-order valence-corrected chi connectivity index (χ0v) is 9.99. The number of nitrogens with zero attached hydrogens (tertiary/aromatic N) is 1. The summed E-state index contributed by atoms with van der Waals surface area (Å²) in [7, 11) is 1.38. The van der Waals surface area contributed by atoms with Crippen LogP contribution in [0.3, 0.4) is 0 Å². The van der Waals surface area contributed by atoms with E-state index in [9.17, 15) is 9.12 Å². The van der Waals surface area contributed by atoms with Gasteiger partial charge in [-0.2, -0.15) is 0 Å². The van der Waals surface area contributed by atoms with Crippen LogP contribution in [0.1, 0.15) is 12.5 Å². The second-order valence-electron chi connectivity index (χ2n) is 3.20. The highest BCUT2D eigenvalue weighted by Crippen LogP contribution is 2.27. The zero-order chi connectivity index (χ0) is 12.1. The Morgan fingerprint density at radius 1 is 1.50 bits per heavy atom. The fraction of sp³-hybridized carbons (Fsp3) is 0.400. The first-order chi connectivity index (χ1) is 7.54. The summed E-state index contributed by atoms with van der Waals surface area (Å²) in [6, 6.07) is 4.84. The molecule has 1 rings (SSSR count). The minimum Gasteiger partial charge on any atom is -0.487 e. The van der Waals surface area contributed by atoms with Crippen LogP contribution >= 0.6 is 0 Å². The molecular weight excluding hydrogens is 230 g/mol. The Labute approximate surface area is 96.3 Å². The normalized spacial score (nSPS) is 12.2. The van der Waals surface area contributed by atoms with Crippen LogP contribution in [0.15, 0.2) is 18.2 Å². The maximum atomic E-state index is 11.2. The summed E-state index contributed by atoms with van der Waals surface area (Å²) in [5, 5.41) is 0. The predicted molar refractivity (Wildman–Crippen MR) is 61.3 cm³/mol. The minimum atomic E-state index is -1.89. The van der Waals surface area contributed by atoms with Gasteiger partial charge in [0, 0.05) is 15.7 Å². The molecule has 0 saturated heterocycles. The quantitative estimate of drug-likeness (QED) is 0.634. The van der Waals surface area contributed by atoms with E-state index < -0.39 is 11.1 Å². The molecule has 1 aromatic carbocycles. The molecule has 6 heteroatoms. The second kappa shape index (κ2) is 5.72. The zero-order valence-electron chi connectivity index (χ0n) is 9.17. The molecule has 0 fully saturated rings. The van der Waals surface area contributed by atoms with E-state index in [0.29, 0.717) is 28.4 Å². The highest BCUT2D eigenvalue weighted by atomic mass is 32.2. The fourth-order valence-corrected chi connectivity index (χ4v) is 1.79. The molecule has 1 aromatic rings. The molecule has 0 spiro atoms. The Hall–Kier alpha value is -1.27. The third-order valence-electron chi connectivity index (χ3n) is 1.95. The third-order valence-corrected chi connectivity index (χ3v) is 2.53. The second-order valence-corrected chi connectivity index (χ2v) is 4.13. The van der Waals surface area contributed by atoms with Crippen molar-refractivity contribution in [3.8, 4) is 5.75 Å². The van der Waals surface area contributed by atoms with Crippen molar-refractivity contribution in [1.29, 1.82) is 0 Å². The molecule has 1 unspecified atom stereocenters. The Morgan fingerprint density at radius 2 is 2.19 bits per heavy atom. The van der Waals surface area contributed by atoms with Crippen LogP contribution in [-0.2, 0) is 16.8 Å². The van der Waals surface area contributed by atoms with Crippen LogP contribution in [0.2, 0.25) is 0 Å². The topological polar surface area (TPSA) is 66.6 Å². The van der Waals surface area contributed by atoms with Gasteiger partial charge in [-0.25, -0.2) is 4.21 Å². The van der Waals surface area contributed by atoms with Crippen LogP contribution in [0, 0.1) is 4.91 Å². The molecule has 16 heavy (non-hydrogen) atoms. The molecule has 0 aromatic heterocycles. The van der Waals surface area contributed by atoms with E-state index in [2.05, 4.69) is 0 Å². The van der Waals surface area contributed by atoms with E-state index >= 15 is 0 Å². The monoisotopic (exact) mass is 244 g/mol. The average Bonchev–Trinajstić information content (AvgIpc) is 2.17. The molecule has 0 aliphatic carbocycles. The van der Waals surface area contributed by atoms with Crippen molar-refractivity contribution in [1.82, 2.24) is 0 Å². The first kappa shape index (κ1) is 12.8. The lowest BCUT2D eigenvalue weighted by molar-refractivity contribution is -0.429. The Morgan fingerprint density at radius 3 is 2.69 bits per heavy atom. The lowest BCUT2D eigenvalue weighted by atomic mass is 10.2. The SMILES string of the molecule is CCOc1cc(CS(=O)O)ccc1[N+](C)=O. The molecule has 88 valence electrons. The number of hydrogen-bond acceptors (Lipinski definition) is 3. The molecule has 0 amide bonds. The number of benzene rings is 1. The van der Waals surface area contributed by atoms with Crippen molar-refractivity contribution in [3.63, 3.8) is 0 Å². The summed E-state index contributed by atoms with van der Waals surface area (Å²) in [6.45, 7) is 2.25. The maximum Gasteiger partial charge on any atom is 0.297 e. The Bertz CT molecular complexity index is 419. The molecular formula is C10H14NO4S+. The van der Waals surface area contributed by atoms with Gasteiger partial charge in [0.25, 0.3) is 5.69 Å². The van der Waals surface area contributed by atoms with Crippen LogP contribution in [0.4, 0.5) is 5.69 Å². The van der Waals surface area contributed by atoms with Gasteiger partial charge in [0.05, 0.1) is 12.4 Å². The van der Waals surface area contributed by atoms with Gasteiger partial charge in [-0.1, -0.05) is 6.07 Å². The van der Waals surface area contributed by atoms with Crippen molar-refractivity contribution in [2.45, 2.75) is 12.7 Å². The number of rotatable bonds is 5. The average molecular weight is 244 g/mol. The highest BCUT2D eigenvalue weighted by molar-refractivity contribution is 7.78. The Kier molecular flexibility index (Phi) is 4.57. The van der Waals surface area contributed by atoms with Crippen LogP contribution in [-0.4, -0.2) is 27.2 Å². The molecule has 0 saturated carbocycles. The van der Waals surface area contributed by atoms with Crippen molar-refractivity contribution >= 4 is 16.8 Å². The third kappa shape index (κ3) is 3.39. The highest BCUT2D eigenvalue weighted by Gasteiger charge is 2.16. The molecule has 0 bridgehead atoms. The van der Waals surface area contributed by atoms with E-state index in [4.69, 9.17) is 9.29 Å². The molecule has 1 N–H and O–H groups in total. The van der Waals surface area contributed by atoms with Gasteiger partial charge in [-0.3, -0.25) is 0 Å². The summed E-state index contributed by atoms with van der Waals surface area (Å²) in [4.78, 5) is 11.2. The predicted octanol–water partition coefficient (Wildman–Crippen LogP) is 1.85. The van der Waals surface area contributed by atoms with E-state index in [1.54, 1.807) is 18.2 Å². The molecule has 0 aliphatic rings. The van der Waals surface area contributed by atoms with Gasteiger partial charge in [-0.05, 0) is 18.6 Å². The first-order valence-electron chi connectivity index (χ1n) is 4.78. The van der Waals surface area contributed by atoms with E-state index in [0.717, 1.165) is 0 Å². The lowest BCUT2D eigenvalue weighted by Crippen LogP contribution is -2.00. The van der Waals surface area contributed by atoms with Gasteiger partial charge < -0.3 is 9.29 Å². The fourth-order valence-electron chi connectivity index (χ4n) is 1.32. The van der Waals surface area contributed by atoms with Gasteiger partial charge in [0.15, 0.2) is 23.9 Å². The summed E-state index contributed by atoms with van der Waals surface area (Å²) in [6.07, 6.45) is 0. The first-order valence-corrected chi connectivity index (χ1v) is 6.06. The summed E-state index contributed by atoms with van der Waals surface area (Å²) >= 11 is -1.89. The molecule has 1 atom stereocenters. The van der Waals surface area contributed by atoms with E-state index in [1.807, 2.05) is 6.92 Å². The van der Waals surface area contributed by atoms with Gasteiger partial charge >= 0.3 is 0 Å². The summed E-state index contributed by atoms with van der Waals surface area (Å²) in [5.41, 5.74) is 1.07. The molecule has 0 heterocycles.